The maximum atomic E-state index is 12.4. The van der Waals surface area contributed by atoms with E-state index in [2.05, 4.69) is 25.6 Å². The summed E-state index contributed by atoms with van der Waals surface area (Å²) in [5.74, 6) is 1.35. The molecule has 176 valence electrons. The van der Waals surface area contributed by atoms with Gasteiger partial charge in [-0.1, -0.05) is 24.4 Å². The van der Waals surface area contributed by atoms with E-state index in [1.165, 1.54) is 11.3 Å². The molecule has 2 aromatic heterocycles. The van der Waals surface area contributed by atoms with Crippen molar-refractivity contribution in [2.45, 2.75) is 38.0 Å². The van der Waals surface area contributed by atoms with E-state index < -0.39 is 0 Å². The molecule has 1 aromatic carbocycles. The van der Waals surface area contributed by atoms with Crippen molar-refractivity contribution in [2.75, 3.05) is 20.7 Å². The molecule has 0 spiro atoms. The number of methoxy groups -OCH3 is 1. The SMILES string of the molecule is CNC(=O)CCCCCC(CNC(=O)c1cncs1)c1ncc(-c2ccc(Cl)cc2OC)[nH]1. The second-order valence-electron chi connectivity index (χ2n) is 7.57. The molecule has 3 N–H and O–H groups in total. The van der Waals surface area contributed by atoms with Gasteiger partial charge in [0.05, 0.1) is 30.7 Å². The molecule has 0 saturated heterocycles. The van der Waals surface area contributed by atoms with Crippen molar-refractivity contribution >= 4 is 34.8 Å². The van der Waals surface area contributed by atoms with Gasteiger partial charge in [0.2, 0.25) is 5.91 Å². The normalized spacial score (nSPS) is 11.7. The summed E-state index contributed by atoms with van der Waals surface area (Å²) >= 11 is 7.39. The number of nitrogens with one attached hydrogen (secondary N) is 3. The Bertz CT molecular complexity index is 1050. The zero-order chi connectivity index (χ0) is 23.6. The number of thiazole rings is 1. The van der Waals surface area contributed by atoms with Crippen LogP contribution in [0.1, 0.15) is 53.5 Å². The Morgan fingerprint density at radius 2 is 2.09 bits per heavy atom. The van der Waals surface area contributed by atoms with Crippen LogP contribution in [0.3, 0.4) is 0 Å². The summed E-state index contributed by atoms with van der Waals surface area (Å²) in [6.45, 7) is 0.441. The van der Waals surface area contributed by atoms with Gasteiger partial charge in [-0.25, -0.2) is 4.98 Å². The van der Waals surface area contributed by atoms with Crippen LogP contribution >= 0.6 is 22.9 Å². The highest BCUT2D eigenvalue weighted by atomic mass is 35.5. The monoisotopic (exact) mass is 489 g/mol. The van der Waals surface area contributed by atoms with Gasteiger partial charge in [-0.2, -0.15) is 0 Å². The fraction of sp³-hybridized carbons (Fsp3) is 0.391. The Labute approximate surface area is 202 Å². The average Bonchev–Trinajstić information content (AvgIpc) is 3.53. The van der Waals surface area contributed by atoms with Crippen molar-refractivity contribution < 1.29 is 14.3 Å². The van der Waals surface area contributed by atoms with E-state index in [9.17, 15) is 9.59 Å². The van der Waals surface area contributed by atoms with Gasteiger partial charge in [-0.15, -0.1) is 11.3 Å². The molecule has 8 nitrogen and oxygen atoms in total. The first kappa shape index (κ1) is 24.7. The van der Waals surface area contributed by atoms with Crippen molar-refractivity contribution in [3.05, 3.63) is 51.8 Å². The van der Waals surface area contributed by atoms with Gasteiger partial charge in [0.1, 0.15) is 16.5 Å². The predicted octanol–water partition coefficient (Wildman–Crippen LogP) is 4.41. The number of carbonyl (C=O) groups excluding carboxylic acids is 2. The minimum Gasteiger partial charge on any atom is -0.496 e. The number of halogens is 1. The lowest BCUT2D eigenvalue weighted by molar-refractivity contribution is -0.120. The number of hydrogen-bond acceptors (Lipinski definition) is 6. The fourth-order valence-electron chi connectivity index (χ4n) is 3.51. The standard InChI is InChI=1S/C23H28ClN5O3S/c1-25-21(30)7-5-3-4-6-15(11-28-23(31)20-13-26-14-33-20)22-27-12-18(29-22)17-9-8-16(24)10-19(17)32-2/h8-10,12-15H,3-7,11H2,1-2H3,(H,25,30)(H,27,29)(H,28,31). The van der Waals surface area contributed by atoms with Gasteiger partial charge in [-0.3, -0.25) is 14.6 Å². The number of nitrogens with zero attached hydrogens (tertiary/aromatic N) is 2. The molecular formula is C23H28ClN5O3S. The third-order valence-corrected chi connectivity index (χ3v) is 6.34. The van der Waals surface area contributed by atoms with Gasteiger partial charge in [0.15, 0.2) is 0 Å². The molecule has 0 saturated carbocycles. The average molecular weight is 490 g/mol. The van der Waals surface area contributed by atoms with E-state index in [0.717, 1.165) is 42.8 Å². The van der Waals surface area contributed by atoms with Crippen LogP contribution in [0, 0.1) is 0 Å². The molecule has 10 heteroatoms. The maximum Gasteiger partial charge on any atom is 0.263 e. The molecule has 0 aliphatic heterocycles. The summed E-state index contributed by atoms with van der Waals surface area (Å²) in [4.78, 5) is 36.4. The lowest BCUT2D eigenvalue weighted by Gasteiger charge is -2.15. The zero-order valence-corrected chi connectivity index (χ0v) is 20.3. The highest BCUT2D eigenvalue weighted by molar-refractivity contribution is 7.11. The first-order chi connectivity index (χ1) is 16.0. The molecule has 0 radical (unpaired) electrons. The second-order valence-corrected chi connectivity index (χ2v) is 8.89. The van der Waals surface area contributed by atoms with Crippen LogP contribution in [-0.4, -0.2) is 47.5 Å². The lowest BCUT2D eigenvalue weighted by Crippen LogP contribution is -2.28. The van der Waals surface area contributed by atoms with E-state index in [1.807, 2.05) is 6.07 Å². The Balaban J connectivity index is 1.70. The quantitative estimate of drug-likeness (QED) is 0.326. The topological polar surface area (TPSA) is 109 Å². The highest BCUT2D eigenvalue weighted by Crippen LogP contribution is 2.32. The summed E-state index contributed by atoms with van der Waals surface area (Å²) in [6, 6.07) is 5.45. The lowest BCUT2D eigenvalue weighted by atomic mass is 9.99. The van der Waals surface area contributed by atoms with Crippen LogP contribution in [0.5, 0.6) is 5.75 Å². The second kappa shape index (κ2) is 12.4. The molecule has 33 heavy (non-hydrogen) atoms. The number of H-pyrrole nitrogens is 1. The van der Waals surface area contributed by atoms with Crippen LogP contribution in [0.2, 0.25) is 5.02 Å². The summed E-state index contributed by atoms with van der Waals surface area (Å²) < 4.78 is 5.46. The largest absolute Gasteiger partial charge is 0.496 e. The van der Waals surface area contributed by atoms with E-state index >= 15 is 0 Å². The van der Waals surface area contributed by atoms with Gasteiger partial charge in [-0.05, 0) is 31.0 Å². The molecule has 2 heterocycles. The molecule has 0 fully saturated rings. The van der Waals surface area contributed by atoms with Crippen molar-refractivity contribution in [2.24, 2.45) is 0 Å². The fourth-order valence-corrected chi connectivity index (χ4v) is 4.21. The number of ether oxygens (including phenoxy) is 1. The zero-order valence-electron chi connectivity index (χ0n) is 18.7. The number of imidazole rings is 1. The summed E-state index contributed by atoms with van der Waals surface area (Å²) in [6.07, 6.45) is 7.33. The van der Waals surface area contributed by atoms with E-state index in [-0.39, 0.29) is 17.7 Å². The van der Waals surface area contributed by atoms with Crippen LogP contribution in [-0.2, 0) is 4.79 Å². The third kappa shape index (κ3) is 7.03. The molecule has 1 unspecified atom stereocenters. The number of aromatic amines is 1. The van der Waals surface area contributed by atoms with Crippen molar-refractivity contribution in [3.8, 4) is 17.0 Å². The minimum absolute atomic E-state index is 0.00563. The van der Waals surface area contributed by atoms with E-state index in [0.29, 0.717) is 28.6 Å². The maximum absolute atomic E-state index is 12.4. The van der Waals surface area contributed by atoms with Gasteiger partial charge in [0, 0.05) is 36.5 Å². The van der Waals surface area contributed by atoms with Gasteiger partial charge >= 0.3 is 0 Å². The van der Waals surface area contributed by atoms with Crippen LogP contribution in [0.15, 0.2) is 36.1 Å². The molecule has 3 rings (SSSR count). The molecule has 0 bridgehead atoms. The van der Waals surface area contributed by atoms with E-state index in [4.69, 9.17) is 16.3 Å². The Hall–Kier alpha value is -2.91. The molecule has 2 amide bonds. The molecule has 0 aliphatic carbocycles. The van der Waals surface area contributed by atoms with Crippen molar-refractivity contribution in [1.29, 1.82) is 0 Å². The number of amides is 2. The minimum atomic E-state index is -0.145. The van der Waals surface area contributed by atoms with Gasteiger partial charge in [0.25, 0.3) is 5.91 Å². The molecule has 3 aromatic rings. The molecule has 1 atom stereocenters. The summed E-state index contributed by atoms with van der Waals surface area (Å²) in [5.41, 5.74) is 3.31. The van der Waals surface area contributed by atoms with Gasteiger partial charge < -0.3 is 20.4 Å². The predicted molar refractivity (Wildman–Crippen MR) is 130 cm³/mol. The number of carbonyl (C=O) groups is 2. The number of unbranched alkanes of at least 4 members (excludes halogenated alkanes) is 2. The first-order valence-corrected chi connectivity index (χ1v) is 12.0. The Kier molecular flexibility index (Phi) is 9.26. The Morgan fingerprint density at radius 3 is 2.82 bits per heavy atom. The number of benzene rings is 1. The highest BCUT2D eigenvalue weighted by Gasteiger charge is 2.19. The van der Waals surface area contributed by atoms with Crippen LogP contribution < -0.4 is 15.4 Å². The third-order valence-electron chi connectivity index (χ3n) is 5.34. The smallest absolute Gasteiger partial charge is 0.263 e. The van der Waals surface area contributed by atoms with Crippen LogP contribution in [0.4, 0.5) is 0 Å². The Morgan fingerprint density at radius 1 is 1.24 bits per heavy atom. The number of aromatic nitrogens is 3. The molecular weight excluding hydrogens is 462 g/mol. The number of rotatable bonds is 12. The molecule has 0 aliphatic rings. The summed E-state index contributed by atoms with van der Waals surface area (Å²) in [5, 5.41) is 6.23. The summed E-state index contributed by atoms with van der Waals surface area (Å²) in [7, 11) is 3.25. The number of hydrogen-bond donors (Lipinski definition) is 3. The van der Waals surface area contributed by atoms with Crippen molar-refractivity contribution in [1.82, 2.24) is 25.6 Å². The first-order valence-electron chi connectivity index (χ1n) is 10.8. The van der Waals surface area contributed by atoms with Crippen LogP contribution in [0.25, 0.3) is 11.3 Å². The van der Waals surface area contributed by atoms with E-state index in [1.54, 1.807) is 44.2 Å². The van der Waals surface area contributed by atoms with Crippen molar-refractivity contribution in [3.63, 3.8) is 0 Å².